The molecule has 1 heterocycles. The third kappa shape index (κ3) is 9.99. The maximum atomic E-state index is 13.3. The first-order chi connectivity index (χ1) is 18.9. The largest absolute Gasteiger partial charge is 0.392 e. The van der Waals surface area contributed by atoms with Crippen molar-refractivity contribution in [1.82, 2.24) is 15.5 Å². The molecule has 3 N–H and O–H groups in total. The average molecular weight is 583 g/mol. The number of hydrogen-bond donors (Lipinski definition) is 3. The van der Waals surface area contributed by atoms with E-state index in [1.165, 1.54) is 0 Å². The van der Waals surface area contributed by atoms with Gasteiger partial charge < -0.3 is 30.0 Å². The summed E-state index contributed by atoms with van der Waals surface area (Å²) in [7, 11) is 3.29. The highest BCUT2D eigenvalue weighted by atomic mass is 35.5. The highest BCUT2D eigenvalue weighted by Crippen LogP contribution is 2.38. The first kappa shape index (κ1) is 31.8. The predicted octanol–water partition coefficient (Wildman–Crippen LogP) is 3.31. The van der Waals surface area contributed by atoms with Gasteiger partial charge in [0.2, 0.25) is 5.91 Å². The van der Waals surface area contributed by atoms with Crippen molar-refractivity contribution in [3.05, 3.63) is 69.7 Å². The lowest BCUT2D eigenvalue weighted by atomic mass is 9.80. The Morgan fingerprint density at radius 1 is 1.03 bits per heavy atom. The molecule has 1 aliphatic heterocycles. The SMILES string of the molecule is CNC(=O)C(c1ccc(Cl)c(Cl)c1)[C@H](CN1C[C@H](O)C[C@H]1CNCCOCCOCCOC)c1ccccc1. The summed E-state index contributed by atoms with van der Waals surface area (Å²) in [6.45, 7) is 5.35. The van der Waals surface area contributed by atoms with Crippen LogP contribution in [-0.2, 0) is 19.0 Å². The Kier molecular flexibility index (Phi) is 14.0. The first-order valence-corrected chi connectivity index (χ1v) is 14.2. The molecule has 0 aliphatic carbocycles. The number of β-amino-alcohol motifs (C(OH)–C–C–N with tert-alkyl or cyclic N) is 1. The van der Waals surface area contributed by atoms with Crippen molar-refractivity contribution >= 4 is 29.1 Å². The normalized spacial score (nSPS) is 19.2. The summed E-state index contributed by atoms with van der Waals surface area (Å²) in [4.78, 5) is 15.6. The van der Waals surface area contributed by atoms with Crippen LogP contribution in [0.4, 0.5) is 0 Å². The minimum absolute atomic E-state index is 0.0972. The van der Waals surface area contributed by atoms with E-state index in [-0.39, 0.29) is 17.9 Å². The van der Waals surface area contributed by atoms with E-state index in [9.17, 15) is 9.90 Å². The molecule has 1 fully saturated rings. The molecule has 0 aromatic heterocycles. The maximum absolute atomic E-state index is 13.3. The number of nitrogens with zero attached hydrogens (tertiary/aromatic N) is 1. The Balaban J connectivity index is 1.67. The van der Waals surface area contributed by atoms with Crippen LogP contribution in [0.1, 0.15) is 29.4 Å². The number of aliphatic hydroxyl groups excluding tert-OH is 1. The monoisotopic (exact) mass is 581 g/mol. The molecule has 0 radical (unpaired) electrons. The minimum atomic E-state index is -0.488. The summed E-state index contributed by atoms with van der Waals surface area (Å²) in [5.41, 5.74) is 1.85. The number of likely N-dealkylation sites (tertiary alicyclic amines) is 1. The molecule has 10 heteroatoms. The molecule has 4 atom stereocenters. The summed E-state index contributed by atoms with van der Waals surface area (Å²) in [5.74, 6) is -0.754. The Bertz CT molecular complexity index is 1000. The first-order valence-electron chi connectivity index (χ1n) is 13.4. The highest BCUT2D eigenvalue weighted by molar-refractivity contribution is 6.42. The van der Waals surface area contributed by atoms with Crippen molar-refractivity contribution in [2.24, 2.45) is 0 Å². The Morgan fingerprint density at radius 2 is 1.74 bits per heavy atom. The molecule has 1 saturated heterocycles. The zero-order valence-electron chi connectivity index (χ0n) is 22.8. The van der Waals surface area contributed by atoms with Crippen molar-refractivity contribution in [2.75, 3.05) is 73.4 Å². The van der Waals surface area contributed by atoms with Gasteiger partial charge in [0.1, 0.15) is 0 Å². The van der Waals surface area contributed by atoms with E-state index in [0.29, 0.717) is 75.7 Å². The lowest BCUT2D eigenvalue weighted by Crippen LogP contribution is -2.43. The van der Waals surface area contributed by atoms with Gasteiger partial charge in [-0.1, -0.05) is 59.6 Å². The van der Waals surface area contributed by atoms with E-state index < -0.39 is 12.0 Å². The molecule has 8 nitrogen and oxygen atoms in total. The number of aliphatic hydroxyl groups is 1. The summed E-state index contributed by atoms with van der Waals surface area (Å²) >= 11 is 12.5. The molecule has 2 aromatic carbocycles. The van der Waals surface area contributed by atoms with Gasteiger partial charge in [-0.25, -0.2) is 0 Å². The van der Waals surface area contributed by atoms with Crippen LogP contribution in [0.2, 0.25) is 10.0 Å². The van der Waals surface area contributed by atoms with Crippen LogP contribution < -0.4 is 10.6 Å². The second-order valence-corrected chi connectivity index (χ2v) is 10.5. The molecular weight excluding hydrogens is 541 g/mol. The van der Waals surface area contributed by atoms with E-state index >= 15 is 0 Å². The number of likely N-dealkylation sites (N-methyl/N-ethyl adjacent to an activating group) is 1. The van der Waals surface area contributed by atoms with E-state index in [0.717, 1.165) is 11.1 Å². The second-order valence-electron chi connectivity index (χ2n) is 9.70. The molecule has 2 aromatic rings. The second kappa shape index (κ2) is 17.1. The van der Waals surface area contributed by atoms with E-state index in [1.54, 1.807) is 26.3 Å². The number of rotatable bonds is 17. The van der Waals surface area contributed by atoms with Crippen LogP contribution in [0.3, 0.4) is 0 Å². The smallest absolute Gasteiger partial charge is 0.227 e. The number of ether oxygens (including phenoxy) is 3. The van der Waals surface area contributed by atoms with Crippen molar-refractivity contribution in [3.8, 4) is 0 Å². The molecule has 1 amide bonds. The average Bonchev–Trinajstić information content (AvgIpc) is 3.30. The van der Waals surface area contributed by atoms with Crippen molar-refractivity contribution in [3.63, 3.8) is 0 Å². The zero-order chi connectivity index (χ0) is 28.0. The Hall–Kier alpha value is -1.75. The standard InChI is InChI=1S/C29H41Cl2N3O5/c1-32-29(36)28(22-8-9-26(30)27(31)16-22)25(21-6-4-3-5-7-21)20-34-19-24(35)17-23(34)18-33-10-11-38-14-15-39-13-12-37-2/h3-9,16,23-25,28,33,35H,10-15,17-20H2,1-2H3,(H,32,36)/t23-,24+,25+,28?/m0/s1. The number of halogens is 2. The van der Waals surface area contributed by atoms with E-state index in [2.05, 4.69) is 15.5 Å². The maximum Gasteiger partial charge on any atom is 0.227 e. The number of hydrogen-bond acceptors (Lipinski definition) is 7. The van der Waals surface area contributed by atoms with Crippen LogP contribution in [0, 0.1) is 0 Å². The Morgan fingerprint density at radius 3 is 2.44 bits per heavy atom. The van der Waals surface area contributed by atoms with E-state index in [1.807, 2.05) is 36.4 Å². The summed E-state index contributed by atoms with van der Waals surface area (Å²) < 4.78 is 16.0. The van der Waals surface area contributed by atoms with E-state index in [4.69, 9.17) is 37.4 Å². The number of methoxy groups -OCH3 is 1. The summed E-state index contributed by atoms with van der Waals surface area (Å²) in [6, 6.07) is 15.5. The van der Waals surface area contributed by atoms with Crippen LogP contribution in [0.5, 0.6) is 0 Å². The van der Waals surface area contributed by atoms with Gasteiger partial charge in [-0.15, -0.1) is 0 Å². The van der Waals surface area contributed by atoms with Crippen LogP contribution >= 0.6 is 23.2 Å². The molecule has 216 valence electrons. The van der Waals surface area contributed by atoms with Crippen LogP contribution in [-0.4, -0.2) is 101 Å². The fourth-order valence-corrected chi connectivity index (χ4v) is 5.36. The number of carbonyl (C=O) groups excluding carboxylic acids is 1. The molecule has 1 aliphatic rings. The topological polar surface area (TPSA) is 92.3 Å². The van der Waals surface area contributed by atoms with Gasteiger partial charge in [0.25, 0.3) is 0 Å². The van der Waals surface area contributed by atoms with Crippen molar-refractivity contribution in [2.45, 2.75) is 30.4 Å². The highest BCUT2D eigenvalue weighted by Gasteiger charge is 2.37. The third-order valence-electron chi connectivity index (χ3n) is 7.01. The molecule has 3 rings (SSSR count). The van der Waals surface area contributed by atoms with Gasteiger partial charge in [0.15, 0.2) is 0 Å². The molecule has 1 unspecified atom stereocenters. The molecule has 39 heavy (non-hydrogen) atoms. The number of carbonyl (C=O) groups is 1. The lowest BCUT2D eigenvalue weighted by Gasteiger charge is -2.33. The van der Waals surface area contributed by atoms with Gasteiger partial charge in [-0.3, -0.25) is 9.69 Å². The van der Waals surface area contributed by atoms with Gasteiger partial charge in [-0.05, 0) is 29.7 Å². The zero-order valence-corrected chi connectivity index (χ0v) is 24.3. The number of amides is 1. The summed E-state index contributed by atoms with van der Waals surface area (Å²) in [6.07, 6.45) is 0.247. The lowest BCUT2D eigenvalue weighted by molar-refractivity contribution is -0.122. The number of nitrogens with one attached hydrogen (secondary N) is 2. The van der Waals surface area contributed by atoms with Crippen molar-refractivity contribution < 1.29 is 24.1 Å². The fourth-order valence-electron chi connectivity index (χ4n) is 5.05. The Labute approximate surface area is 241 Å². The minimum Gasteiger partial charge on any atom is -0.392 e. The van der Waals surface area contributed by atoms with Crippen molar-refractivity contribution in [1.29, 1.82) is 0 Å². The fraction of sp³-hybridized carbons (Fsp3) is 0.552. The quantitative estimate of drug-likeness (QED) is 0.247. The predicted molar refractivity (Wildman–Crippen MR) is 155 cm³/mol. The molecule has 0 spiro atoms. The third-order valence-corrected chi connectivity index (χ3v) is 7.74. The van der Waals surface area contributed by atoms with Gasteiger partial charge in [0, 0.05) is 52.3 Å². The van der Waals surface area contributed by atoms with Gasteiger partial charge >= 0.3 is 0 Å². The van der Waals surface area contributed by atoms with Gasteiger partial charge in [0.05, 0.1) is 55.1 Å². The van der Waals surface area contributed by atoms with Crippen LogP contribution in [0.25, 0.3) is 0 Å². The molecule has 0 bridgehead atoms. The van der Waals surface area contributed by atoms with Gasteiger partial charge in [-0.2, -0.15) is 0 Å². The number of benzene rings is 2. The summed E-state index contributed by atoms with van der Waals surface area (Å²) in [5, 5.41) is 17.7. The van der Waals surface area contributed by atoms with Crippen LogP contribution in [0.15, 0.2) is 48.5 Å². The molecule has 0 saturated carbocycles. The molecular formula is C29H41Cl2N3O5.